The van der Waals surface area contributed by atoms with Gasteiger partial charge in [0.05, 0.1) is 12.2 Å². The fourth-order valence-corrected chi connectivity index (χ4v) is 6.27. The van der Waals surface area contributed by atoms with E-state index >= 15 is 0 Å². The summed E-state index contributed by atoms with van der Waals surface area (Å²) >= 11 is 12.4. The van der Waals surface area contributed by atoms with Crippen molar-refractivity contribution in [1.82, 2.24) is 30.0 Å². The van der Waals surface area contributed by atoms with Gasteiger partial charge in [-0.05, 0) is 55.8 Å². The molecule has 2 fully saturated rings. The minimum Gasteiger partial charge on any atom is -0.355 e. The number of alkyl halides is 3. The molecular formula is C28H34Cl2F3N7O. The molecule has 2 atom stereocenters. The van der Waals surface area contributed by atoms with E-state index in [4.69, 9.17) is 23.2 Å². The molecule has 13 heteroatoms. The summed E-state index contributed by atoms with van der Waals surface area (Å²) in [6, 6.07) is 4.24. The topological polar surface area (TPSA) is 79.2 Å². The van der Waals surface area contributed by atoms with Crippen molar-refractivity contribution in [3.8, 4) is 0 Å². The highest BCUT2D eigenvalue weighted by atomic mass is 35.5. The average molecular weight is 613 g/mol. The molecule has 8 nitrogen and oxygen atoms in total. The zero-order valence-corrected chi connectivity index (χ0v) is 24.8. The Morgan fingerprint density at radius 1 is 1.15 bits per heavy atom. The lowest BCUT2D eigenvalue weighted by atomic mass is 9.80. The zero-order chi connectivity index (χ0) is 29.5. The fraction of sp³-hybridized carbons (Fsp3) is 0.571. The second-order valence-electron chi connectivity index (χ2n) is 11.3. The Hall–Kier alpha value is -2.63. The van der Waals surface area contributed by atoms with Crippen molar-refractivity contribution in [3.63, 3.8) is 0 Å². The smallest absolute Gasteiger partial charge is 0.355 e. The van der Waals surface area contributed by atoms with Crippen molar-refractivity contribution in [2.24, 2.45) is 17.8 Å². The SMILES string of the molecule is CC(C)C(=O)NCCN1CCC[C@@H](C2CN(c3cnc4c(C(F)(F)F)nn(C(C)c5ccc(Cl)cc5Cl)c4n3)C2)C1. The molecule has 1 amide bonds. The number of hydrogen-bond donors (Lipinski definition) is 1. The Kier molecular flexibility index (Phi) is 8.69. The van der Waals surface area contributed by atoms with E-state index in [9.17, 15) is 18.0 Å². The number of nitrogens with zero attached hydrogens (tertiary/aromatic N) is 6. The van der Waals surface area contributed by atoms with Crippen molar-refractivity contribution in [2.45, 2.75) is 45.8 Å². The molecule has 3 aromatic rings. The number of likely N-dealkylation sites (tertiary alicyclic amines) is 1. The number of halogens is 5. The Balaban J connectivity index is 1.30. The lowest BCUT2D eigenvalue weighted by Crippen LogP contribution is -2.54. The maximum atomic E-state index is 13.9. The van der Waals surface area contributed by atoms with E-state index in [0.29, 0.717) is 39.8 Å². The third-order valence-corrected chi connectivity index (χ3v) is 8.69. The summed E-state index contributed by atoms with van der Waals surface area (Å²) in [5, 5.41) is 7.67. The zero-order valence-electron chi connectivity index (χ0n) is 23.3. The van der Waals surface area contributed by atoms with Crippen LogP contribution in [-0.4, -0.2) is 69.8 Å². The first-order chi connectivity index (χ1) is 19.4. The van der Waals surface area contributed by atoms with Crippen LogP contribution >= 0.6 is 23.2 Å². The molecule has 1 aromatic carbocycles. The maximum Gasteiger partial charge on any atom is 0.437 e. The van der Waals surface area contributed by atoms with E-state index in [2.05, 4.69) is 30.2 Å². The van der Waals surface area contributed by atoms with Crippen LogP contribution in [-0.2, 0) is 11.0 Å². The van der Waals surface area contributed by atoms with Gasteiger partial charge in [-0.1, -0.05) is 43.1 Å². The molecule has 0 aliphatic carbocycles. The standard InChI is InChI=1S/C28H34Cl2F3N7O/c1-16(2)27(41)34-8-10-38-9-4-5-18(13-38)19-14-39(15-19)23-12-35-24-25(28(31,32)33)37-40(26(24)36-23)17(3)21-7-6-20(29)11-22(21)30/h6-7,11-12,16-19H,4-5,8-10,13-15H2,1-3H3,(H,34,41)/t17?,18-/m1/s1. The van der Waals surface area contributed by atoms with Crippen molar-refractivity contribution >= 4 is 46.1 Å². The van der Waals surface area contributed by atoms with Crippen molar-refractivity contribution in [2.75, 3.05) is 44.2 Å². The average Bonchev–Trinajstić information content (AvgIpc) is 3.27. The Morgan fingerprint density at radius 2 is 1.90 bits per heavy atom. The number of hydrogen-bond acceptors (Lipinski definition) is 6. The predicted molar refractivity (Wildman–Crippen MR) is 153 cm³/mol. The quantitative estimate of drug-likeness (QED) is 0.353. The normalized spacial score (nSPS) is 19.5. The van der Waals surface area contributed by atoms with Crippen LogP contribution in [0.4, 0.5) is 19.0 Å². The van der Waals surface area contributed by atoms with Crippen LogP contribution < -0.4 is 10.2 Å². The number of nitrogens with one attached hydrogen (secondary N) is 1. The summed E-state index contributed by atoms with van der Waals surface area (Å²) in [4.78, 5) is 25.1. The number of anilines is 1. The van der Waals surface area contributed by atoms with Crippen molar-refractivity contribution in [3.05, 3.63) is 45.7 Å². The van der Waals surface area contributed by atoms with Gasteiger partial charge in [-0.2, -0.15) is 18.3 Å². The number of aromatic nitrogens is 4. The molecule has 1 N–H and O–H groups in total. The number of carbonyl (C=O) groups excluding carboxylic acids is 1. The van der Waals surface area contributed by atoms with Crippen LogP contribution in [0.1, 0.15) is 50.9 Å². The van der Waals surface area contributed by atoms with Crippen molar-refractivity contribution in [1.29, 1.82) is 0 Å². The molecular weight excluding hydrogens is 578 g/mol. The summed E-state index contributed by atoms with van der Waals surface area (Å²) in [6.07, 6.45) is -1.03. The highest BCUT2D eigenvalue weighted by Crippen LogP contribution is 2.38. The van der Waals surface area contributed by atoms with Gasteiger partial charge in [-0.3, -0.25) is 4.79 Å². The minimum atomic E-state index is -4.69. The third-order valence-electron chi connectivity index (χ3n) is 8.13. The van der Waals surface area contributed by atoms with E-state index in [-0.39, 0.29) is 23.0 Å². The van der Waals surface area contributed by atoms with Gasteiger partial charge >= 0.3 is 6.18 Å². The summed E-state index contributed by atoms with van der Waals surface area (Å²) < 4.78 is 42.9. The van der Waals surface area contributed by atoms with E-state index in [0.717, 1.165) is 45.6 Å². The fourth-order valence-electron chi connectivity index (χ4n) is 5.70. The van der Waals surface area contributed by atoms with Gasteiger partial charge in [0.15, 0.2) is 11.3 Å². The lowest BCUT2D eigenvalue weighted by molar-refractivity contribution is -0.140. The number of fused-ring (bicyclic) bond motifs is 1. The minimum absolute atomic E-state index is 0.0236. The summed E-state index contributed by atoms with van der Waals surface area (Å²) in [5.74, 6) is 1.56. The van der Waals surface area contributed by atoms with Crippen LogP contribution in [0.5, 0.6) is 0 Å². The van der Waals surface area contributed by atoms with Crippen LogP contribution in [0.3, 0.4) is 0 Å². The van der Waals surface area contributed by atoms with Gasteiger partial charge in [-0.25, -0.2) is 14.6 Å². The summed E-state index contributed by atoms with van der Waals surface area (Å²) in [6.45, 7) is 10.5. The van der Waals surface area contributed by atoms with Crippen LogP contribution in [0.25, 0.3) is 11.2 Å². The third kappa shape index (κ3) is 6.41. The number of rotatable bonds is 8. The van der Waals surface area contributed by atoms with E-state index in [1.807, 2.05) is 13.8 Å². The van der Waals surface area contributed by atoms with Crippen LogP contribution in [0.15, 0.2) is 24.4 Å². The van der Waals surface area contributed by atoms with Crippen molar-refractivity contribution < 1.29 is 18.0 Å². The molecule has 0 saturated carbocycles. The summed E-state index contributed by atoms with van der Waals surface area (Å²) in [5.41, 5.74) is -0.722. The highest BCUT2D eigenvalue weighted by molar-refractivity contribution is 6.35. The predicted octanol–water partition coefficient (Wildman–Crippen LogP) is 5.68. The second kappa shape index (κ2) is 11.9. The molecule has 41 heavy (non-hydrogen) atoms. The molecule has 2 saturated heterocycles. The first-order valence-electron chi connectivity index (χ1n) is 13.9. The van der Waals surface area contributed by atoms with Crippen LogP contribution in [0.2, 0.25) is 10.0 Å². The Bertz CT molecular complexity index is 1410. The molecule has 5 rings (SSSR count). The Morgan fingerprint density at radius 3 is 2.59 bits per heavy atom. The number of carbonyl (C=O) groups is 1. The largest absolute Gasteiger partial charge is 0.437 e. The van der Waals surface area contributed by atoms with Gasteiger partial charge in [0.1, 0.15) is 11.3 Å². The summed E-state index contributed by atoms with van der Waals surface area (Å²) in [7, 11) is 0. The monoisotopic (exact) mass is 611 g/mol. The van der Waals surface area contributed by atoms with Gasteiger partial charge in [0, 0.05) is 48.7 Å². The molecule has 0 radical (unpaired) electrons. The van der Waals surface area contributed by atoms with Gasteiger partial charge < -0.3 is 15.1 Å². The maximum absolute atomic E-state index is 13.9. The first kappa shape index (κ1) is 29.8. The molecule has 222 valence electrons. The van der Waals surface area contributed by atoms with E-state index in [1.165, 1.54) is 10.9 Å². The van der Waals surface area contributed by atoms with E-state index in [1.54, 1.807) is 25.1 Å². The van der Waals surface area contributed by atoms with Crippen LogP contribution in [0, 0.1) is 17.8 Å². The number of amides is 1. The van der Waals surface area contributed by atoms with Gasteiger partial charge in [-0.15, -0.1) is 0 Å². The number of benzene rings is 1. The van der Waals surface area contributed by atoms with Gasteiger partial charge in [0.25, 0.3) is 0 Å². The van der Waals surface area contributed by atoms with Gasteiger partial charge in [0.2, 0.25) is 5.91 Å². The Labute approximate surface area is 247 Å². The molecule has 0 bridgehead atoms. The molecule has 0 spiro atoms. The second-order valence-corrected chi connectivity index (χ2v) is 12.2. The lowest BCUT2D eigenvalue weighted by Gasteiger charge is -2.47. The van der Waals surface area contributed by atoms with E-state index < -0.39 is 17.9 Å². The number of piperidine rings is 1. The first-order valence-corrected chi connectivity index (χ1v) is 14.7. The molecule has 4 heterocycles. The highest BCUT2D eigenvalue weighted by Gasteiger charge is 2.40. The molecule has 2 aliphatic heterocycles. The molecule has 2 aromatic heterocycles. The molecule has 2 aliphatic rings. The molecule has 1 unspecified atom stereocenters.